The molecule has 0 bridgehead atoms. The van der Waals surface area contributed by atoms with Crippen molar-refractivity contribution in [1.29, 1.82) is 0 Å². The molecule has 0 aliphatic heterocycles. The molecule has 0 saturated carbocycles. The normalized spacial score (nSPS) is 11.1. The van der Waals surface area contributed by atoms with Crippen molar-refractivity contribution in [1.82, 2.24) is 10.3 Å². The summed E-state index contributed by atoms with van der Waals surface area (Å²) in [6, 6.07) is 12.6. The van der Waals surface area contributed by atoms with Gasteiger partial charge in [0.1, 0.15) is 5.75 Å². The summed E-state index contributed by atoms with van der Waals surface area (Å²) >= 11 is 0. The van der Waals surface area contributed by atoms with Gasteiger partial charge in [-0.15, -0.1) is 6.58 Å². The number of hydrogen-bond acceptors (Lipinski definition) is 2. The molecule has 114 valence electrons. The van der Waals surface area contributed by atoms with Crippen molar-refractivity contribution in [3.63, 3.8) is 0 Å². The molecule has 0 saturated heterocycles. The second-order valence-corrected chi connectivity index (χ2v) is 5.43. The van der Waals surface area contributed by atoms with E-state index in [1.807, 2.05) is 13.1 Å². The number of nitrogens with one attached hydrogen (secondary N) is 2. The highest BCUT2D eigenvalue weighted by atomic mass is 16.5. The van der Waals surface area contributed by atoms with E-state index in [9.17, 15) is 0 Å². The predicted octanol–water partition coefficient (Wildman–Crippen LogP) is 4.04. The van der Waals surface area contributed by atoms with Gasteiger partial charge in [0, 0.05) is 21.9 Å². The zero-order valence-electron chi connectivity index (χ0n) is 13.0. The van der Waals surface area contributed by atoms with Crippen LogP contribution in [0.2, 0.25) is 0 Å². The molecule has 22 heavy (non-hydrogen) atoms. The number of para-hydroxylation sites is 1. The number of fused-ring (bicyclic) bond motifs is 3. The van der Waals surface area contributed by atoms with Crippen LogP contribution >= 0.6 is 0 Å². The maximum atomic E-state index is 5.99. The Balaban J connectivity index is 2.03. The van der Waals surface area contributed by atoms with E-state index >= 15 is 0 Å². The summed E-state index contributed by atoms with van der Waals surface area (Å²) in [5.41, 5.74) is 3.51. The summed E-state index contributed by atoms with van der Waals surface area (Å²) in [5, 5.41) is 5.64. The van der Waals surface area contributed by atoms with Crippen molar-refractivity contribution in [2.45, 2.75) is 12.8 Å². The molecule has 0 atom stereocenters. The third kappa shape index (κ3) is 2.72. The molecule has 3 heteroatoms. The van der Waals surface area contributed by atoms with Crippen LogP contribution in [0.1, 0.15) is 12.0 Å². The van der Waals surface area contributed by atoms with Crippen LogP contribution in [-0.4, -0.2) is 25.2 Å². The Morgan fingerprint density at radius 1 is 1.18 bits per heavy atom. The Kier molecular flexibility index (Phi) is 4.45. The minimum atomic E-state index is 0.719. The van der Waals surface area contributed by atoms with Crippen LogP contribution in [0.3, 0.4) is 0 Å². The summed E-state index contributed by atoms with van der Waals surface area (Å²) in [6.45, 7) is 5.57. The minimum absolute atomic E-state index is 0.719. The van der Waals surface area contributed by atoms with Crippen molar-refractivity contribution in [3.8, 4) is 5.75 Å². The van der Waals surface area contributed by atoms with Gasteiger partial charge in [-0.05, 0) is 44.6 Å². The minimum Gasteiger partial charge on any atom is -0.493 e. The summed E-state index contributed by atoms with van der Waals surface area (Å²) in [5.74, 6) is 0.954. The van der Waals surface area contributed by atoms with E-state index in [0.717, 1.165) is 42.8 Å². The molecule has 0 spiro atoms. The van der Waals surface area contributed by atoms with E-state index in [1.54, 1.807) is 0 Å². The fourth-order valence-electron chi connectivity index (χ4n) is 2.87. The first kappa shape index (κ1) is 14.7. The Bertz CT molecular complexity index is 789. The zero-order valence-corrected chi connectivity index (χ0v) is 13.0. The van der Waals surface area contributed by atoms with Gasteiger partial charge in [-0.3, -0.25) is 0 Å². The monoisotopic (exact) mass is 294 g/mol. The highest BCUT2D eigenvalue weighted by Gasteiger charge is 2.12. The second-order valence-electron chi connectivity index (χ2n) is 5.43. The first-order valence-corrected chi connectivity index (χ1v) is 7.75. The molecule has 0 radical (unpaired) electrons. The standard InChI is InChI=1S/C19H22N2O/c1-3-7-16-18(22-13-6-12-20-2)11-10-15-14-8-4-5-9-17(14)21-19(15)16/h3-5,8-11,20-21H,1,6-7,12-13H2,2H3. The topological polar surface area (TPSA) is 37.0 Å². The predicted molar refractivity (Wildman–Crippen MR) is 93.7 cm³/mol. The van der Waals surface area contributed by atoms with Crippen LogP contribution in [0, 0.1) is 0 Å². The summed E-state index contributed by atoms with van der Waals surface area (Å²) < 4.78 is 5.99. The van der Waals surface area contributed by atoms with E-state index in [0.29, 0.717) is 0 Å². The fraction of sp³-hybridized carbons (Fsp3) is 0.263. The Hall–Kier alpha value is -2.26. The lowest BCUT2D eigenvalue weighted by Gasteiger charge is -2.11. The lowest BCUT2D eigenvalue weighted by Crippen LogP contribution is -2.12. The van der Waals surface area contributed by atoms with Crippen LogP contribution in [0.15, 0.2) is 49.1 Å². The summed E-state index contributed by atoms with van der Waals surface area (Å²) in [7, 11) is 1.96. The summed E-state index contributed by atoms with van der Waals surface area (Å²) in [6.07, 6.45) is 3.72. The molecule has 1 heterocycles. The summed E-state index contributed by atoms with van der Waals surface area (Å²) in [4.78, 5) is 3.53. The third-order valence-corrected chi connectivity index (χ3v) is 3.92. The molecule has 3 nitrogen and oxygen atoms in total. The van der Waals surface area contributed by atoms with Gasteiger partial charge >= 0.3 is 0 Å². The SMILES string of the molecule is C=CCc1c(OCCCNC)ccc2c1[nH]c1ccccc12. The maximum Gasteiger partial charge on any atom is 0.124 e. The molecule has 1 aromatic heterocycles. The van der Waals surface area contributed by atoms with E-state index in [-0.39, 0.29) is 0 Å². The second kappa shape index (κ2) is 6.67. The first-order valence-electron chi connectivity index (χ1n) is 7.75. The van der Waals surface area contributed by atoms with E-state index < -0.39 is 0 Å². The molecule has 3 aromatic rings. The molecule has 0 unspecified atom stereocenters. The molecule has 0 fully saturated rings. The van der Waals surface area contributed by atoms with Gasteiger partial charge in [0.25, 0.3) is 0 Å². The Labute approximate surface area is 131 Å². The molecule has 2 aromatic carbocycles. The van der Waals surface area contributed by atoms with Gasteiger partial charge in [0.2, 0.25) is 0 Å². The van der Waals surface area contributed by atoms with Gasteiger partial charge in [-0.25, -0.2) is 0 Å². The van der Waals surface area contributed by atoms with Crippen LogP contribution < -0.4 is 10.1 Å². The smallest absolute Gasteiger partial charge is 0.124 e. The molecule has 0 aliphatic rings. The number of aromatic amines is 1. The van der Waals surface area contributed by atoms with Crippen LogP contribution in [-0.2, 0) is 6.42 Å². The highest BCUT2D eigenvalue weighted by Crippen LogP contribution is 2.33. The number of allylic oxidation sites excluding steroid dienone is 1. The van der Waals surface area contributed by atoms with Crippen molar-refractivity contribution < 1.29 is 4.74 Å². The Morgan fingerprint density at radius 3 is 2.86 bits per heavy atom. The number of hydrogen-bond donors (Lipinski definition) is 2. The number of benzene rings is 2. The maximum absolute atomic E-state index is 5.99. The highest BCUT2D eigenvalue weighted by molar-refractivity contribution is 6.08. The fourth-order valence-corrected chi connectivity index (χ4v) is 2.87. The quantitative estimate of drug-likeness (QED) is 0.510. The van der Waals surface area contributed by atoms with E-state index in [4.69, 9.17) is 4.74 Å². The largest absolute Gasteiger partial charge is 0.493 e. The molecular weight excluding hydrogens is 272 g/mol. The van der Waals surface area contributed by atoms with Gasteiger partial charge in [0.05, 0.1) is 12.1 Å². The third-order valence-electron chi connectivity index (χ3n) is 3.92. The van der Waals surface area contributed by atoms with E-state index in [2.05, 4.69) is 53.3 Å². The molecule has 0 aliphatic carbocycles. The first-order chi connectivity index (χ1) is 10.8. The van der Waals surface area contributed by atoms with Crippen LogP contribution in [0.5, 0.6) is 5.75 Å². The zero-order chi connectivity index (χ0) is 15.4. The molecule has 3 rings (SSSR count). The van der Waals surface area contributed by atoms with Gasteiger partial charge in [-0.2, -0.15) is 0 Å². The average molecular weight is 294 g/mol. The molecule has 2 N–H and O–H groups in total. The lowest BCUT2D eigenvalue weighted by molar-refractivity contribution is 0.308. The van der Waals surface area contributed by atoms with Crippen molar-refractivity contribution >= 4 is 21.8 Å². The number of ether oxygens (including phenoxy) is 1. The van der Waals surface area contributed by atoms with Crippen molar-refractivity contribution in [2.75, 3.05) is 20.2 Å². The van der Waals surface area contributed by atoms with Crippen LogP contribution in [0.4, 0.5) is 0 Å². The number of aromatic nitrogens is 1. The van der Waals surface area contributed by atoms with Gasteiger partial charge in [-0.1, -0.05) is 24.3 Å². The van der Waals surface area contributed by atoms with Crippen molar-refractivity contribution in [3.05, 3.63) is 54.6 Å². The molecule has 0 amide bonds. The van der Waals surface area contributed by atoms with Crippen LogP contribution in [0.25, 0.3) is 21.8 Å². The van der Waals surface area contributed by atoms with E-state index in [1.165, 1.54) is 16.3 Å². The van der Waals surface area contributed by atoms with Crippen molar-refractivity contribution in [2.24, 2.45) is 0 Å². The molecular formula is C19H22N2O. The number of rotatable bonds is 7. The number of H-pyrrole nitrogens is 1. The average Bonchev–Trinajstić information content (AvgIpc) is 2.92. The Morgan fingerprint density at radius 2 is 2.05 bits per heavy atom. The van der Waals surface area contributed by atoms with Gasteiger partial charge in [0.15, 0.2) is 0 Å². The van der Waals surface area contributed by atoms with Gasteiger partial charge < -0.3 is 15.0 Å². The lowest BCUT2D eigenvalue weighted by atomic mass is 10.1.